The van der Waals surface area contributed by atoms with Gasteiger partial charge in [-0.25, -0.2) is 0 Å². The van der Waals surface area contributed by atoms with Gasteiger partial charge in [0, 0.05) is 24.3 Å². The fourth-order valence-corrected chi connectivity index (χ4v) is 2.05. The first-order valence-electron chi connectivity index (χ1n) is 5.37. The van der Waals surface area contributed by atoms with Gasteiger partial charge in [0.15, 0.2) is 0 Å². The van der Waals surface area contributed by atoms with Crippen molar-refractivity contribution in [2.75, 3.05) is 13.1 Å². The highest BCUT2D eigenvalue weighted by Gasteiger charge is 2.23. The van der Waals surface area contributed by atoms with Crippen LogP contribution in [0.3, 0.4) is 0 Å². The number of rotatable bonds is 2. The third-order valence-electron chi connectivity index (χ3n) is 3.04. The molecule has 1 saturated heterocycles. The van der Waals surface area contributed by atoms with Crippen LogP contribution in [0.15, 0.2) is 0 Å². The molecule has 3 rings (SSSR count). The smallest absolute Gasteiger partial charge is 0.236 e. The van der Waals surface area contributed by atoms with Gasteiger partial charge >= 0.3 is 0 Å². The number of nitrogens with zero attached hydrogens (tertiary/aromatic N) is 1. The zero-order chi connectivity index (χ0) is 9.38. The van der Waals surface area contributed by atoms with Crippen molar-refractivity contribution in [1.82, 2.24) is 15.5 Å². The Morgan fingerprint density at radius 1 is 1.21 bits per heavy atom. The molecule has 2 N–H and O–H groups in total. The molecular weight excluding hydrogens is 178 g/mol. The quantitative estimate of drug-likeness (QED) is 0.724. The minimum absolute atomic E-state index is 0.337. The number of aromatic amines is 1. The molecule has 1 fully saturated rings. The van der Waals surface area contributed by atoms with E-state index in [4.69, 9.17) is 4.74 Å². The van der Waals surface area contributed by atoms with E-state index < -0.39 is 0 Å². The average Bonchev–Trinajstić information content (AvgIpc) is 2.55. The van der Waals surface area contributed by atoms with Gasteiger partial charge < -0.3 is 10.1 Å². The van der Waals surface area contributed by atoms with E-state index in [2.05, 4.69) is 15.5 Å². The molecule has 0 radical (unpaired) electrons. The molecule has 1 aliphatic heterocycles. The van der Waals surface area contributed by atoms with Crippen molar-refractivity contribution in [1.29, 1.82) is 0 Å². The van der Waals surface area contributed by atoms with Crippen LogP contribution in [0.1, 0.15) is 24.1 Å². The van der Waals surface area contributed by atoms with Crippen molar-refractivity contribution < 1.29 is 4.74 Å². The van der Waals surface area contributed by atoms with Crippen LogP contribution in [-0.4, -0.2) is 29.4 Å². The SMILES string of the molecule is C1CCc2c(OC3CNC3)n[nH]c2C1. The van der Waals surface area contributed by atoms with E-state index in [9.17, 15) is 0 Å². The predicted molar refractivity (Wildman–Crippen MR) is 52.5 cm³/mol. The largest absolute Gasteiger partial charge is 0.470 e. The van der Waals surface area contributed by atoms with E-state index in [1.54, 1.807) is 0 Å². The Balaban J connectivity index is 1.79. The van der Waals surface area contributed by atoms with Crippen molar-refractivity contribution in [2.24, 2.45) is 0 Å². The van der Waals surface area contributed by atoms with Gasteiger partial charge in [-0.3, -0.25) is 5.10 Å². The lowest BCUT2D eigenvalue weighted by molar-refractivity contribution is 0.134. The zero-order valence-electron chi connectivity index (χ0n) is 8.18. The second kappa shape index (κ2) is 3.28. The first kappa shape index (κ1) is 8.29. The molecule has 0 spiro atoms. The molecule has 2 aliphatic rings. The van der Waals surface area contributed by atoms with Gasteiger partial charge in [0.05, 0.1) is 0 Å². The summed E-state index contributed by atoms with van der Waals surface area (Å²) in [6.45, 7) is 1.92. The number of H-pyrrole nitrogens is 1. The number of aryl methyl sites for hydroxylation is 1. The van der Waals surface area contributed by atoms with Crippen molar-refractivity contribution in [2.45, 2.75) is 31.8 Å². The summed E-state index contributed by atoms with van der Waals surface area (Å²) >= 11 is 0. The lowest BCUT2D eigenvalue weighted by Crippen LogP contribution is -2.50. The molecule has 0 aromatic carbocycles. The summed E-state index contributed by atoms with van der Waals surface area (Å²) in [4.78, 5) is 0. The number of fused-ring (bicyclic) bond motifs is 1. The summed E-state index contributed by atoms with van der Waals surface area (Å²) in [7, 11) is 0. The van der Waals surface area contributed by atoms with Gasteiger partial charge in [0.1, 0.15) is 6.10 Å². The summed E-state index contributed by atoms with van der Waals surface area (Å²) in [5.41, 5.74) is 2.61. The Morgan fingerprint density at radius 2 is 2.07 bits per heavy atom. The Hall–Kier alpha value is -1.03. The minimum Gasteiger partial charge on any atom is -0.470 e. The number of aromatic nitrogens is 2. The Labute approximate surface area is 83.0 Å². The van der Waals surface area contributed by atoms with Crippen LogP contribution in [0.5, 0.6) is 5.88 Å². The Kier molecular flexibility index (Phi) is 1.94. The fourth-order valence-electron chi connectivity index (χ4n) is 2.05. The summed E-state index contributed by atoms with van der Waals surface area (Å²) < 4.78 is 5.78. The van der Waals surface area contributed by atoms with Crippen LogP contribution in [0.25, 0.3) is 0 Å². The summed E-state index contributed by atoms with van der Waals surface area (Å²) in [5, 5.41) is 10.5. The number of nitrogens with one attached hydrogen (secondary N) is 2. The molecule has 0 saturated carbocycles. The summed E-state index contributed by atoms with van der Waals surface area (Å²) in [6, 6.07) is 0. The van der Waals surface area contributed by atoms with E-state index in [-0.39, 0.29) is 0 Å². The summed E-state index contributed by atoms with van der Waals surface area (Å²) in [6.07, 6.45) is 5.14. The maximum Gasteiger partial charge on any atom is 0.236 e. The van der Waals surface area contributed by atoms with Gasteiger partial charge in [-0.1, -0.05) is 0 Å². The normalized spacial score (nSPS) is 21.4. The number of hydrogen-bond acceptors (Lipinski definition) is 3. The standard InChI is InChI=1S/C10H15N3O/c1-2-4-9-8(3-1)10(13-12-9)14-7-5-11-6-7/h7,11H,1-6H2,(H,12,13). The average molecular weight is 193 g/mol. The van der Waals surface area contributed by atoms with E-state index in [0.29, 0.717) is 6.10 Å². The van der Waals surface area contributed by atoms with Gasteiger partial charge in [-0.05, 0) is 25.7 Å². The van der Waals surface area contributed by atoms with Crippen LogP contribution < -0.4 is 10.1 Å². The molecule has 0 atom stereocenters. The van der Waals surface area contributed by atoms with Gasteiger partial charge in [-0.15, -0.1) is 5.10 Å². The molecule has 1 aromatic rings. The second-order valence-electron chi connectivity index (χ2n) is 4.09. The van der Waals surface area contributed by atoms with Crippen molar-refractivity contribution >= 4 is 0 Å². The first-order chi connectivity index (χ1) is 6.93. The first-order valence-corrected chi connectivity index (χ1v) is 5.37. The predicted octanol–water partition coefficient (Wildman–Crippen LogP) is 0.639. The van der Waals surface area contributed by atoms with E-state index in [1.165, 1.54) is 24.1 Å². The molecule has 0 amide bonds. The van der Waals surface area contributed by atoms with Crippen LogP contribution in [-0.2, 0) is 12.8 Å². The highest BCUT2D eigenvalue weighted by atomic mass is 16.5. The third kappa shape index (κ3) is 1.30. The van der Waals surface area contributed by atoms with Crippen molar-refractivity contribution in [3.05, 3.63) is 11.3 Å². The van der Waals surface area contributed by atoms with Gasteiger partial charge in [0.25, 0.3) is 0 Å². The van der Waals surface area contributed by atoms with Gasteiger partial charge in [-0.2, -0.15) is 0 Å². The van der Waals surface area contributed by atoms with E-state index in [0.717, 1.165) is 31.8 Å². The maximum atomic E-state index is 5.78. The highest BCUT2D eigenvalue weighted by Crippen LogP contribution is 2.27. The Morgan fingerprint density at radius 3 is 2.86 bits per heavy atom. The molecular formula is C10H15N3O. The molecule has 0 bridgehead atoms. The molecule has 4 heteroatoms. The number of ether oxygens (including phenoxy) is 1. The lowest BCUT2D eigenvalue weighted by atomic mass is 9.98. The van der Waals surface area contributed by atoms with Crippen LogP contribution in [0.2, 0.25) is 0 Å². The van der Waals surface area contributed by atoms with Crippen LogP contribution in [0.4, 0.5) is 0 Å². The van der Waals surface area contributed by atoms with E-state index >= 15 is 0 Å². The van der Waals surface area contributed by atoms with Crippen molar-refractivity contribution in [3.63, 3.8) is 0 Å². The molecule has 1 aromatic heterocycles. The van der Waals surface area contributed by atoms with Crippen molar-refractivity contribution in [3.8, 4) is 5.88 Å². The Bertz CT molecular complexity index is 330. The van der Waals surface area contributed by atoms with Crippen LogP contribution in [0, 0.1) is 0 Å². The molecule has 76 valence electrons. The number of hydrogen-bond donors (Lipinski definition) is 2. The van der Waals surface area contributed by atoms with Crippen LogP contribution >= 0.6 is 0 Å². The van der Waals surface area contributed by atoms with Gasteiger partial charge in [0.2, 0.25) is 5.88 Å². The summed E-state index contributed by atoms with van der Waals surface area (Å²) in [5.74, 6) is 0.853. The van der Waals surface area contributed by atoms with E-state index in [1.807, 2.05) is 0 Å². The minimum atomic E-state index is 0.337. The molecule has 2 heterocycles. The maximum absolute atomic E-state index is 5.78. The fraction of sp³-hybridized carbons (Fsp3) is 0.700. The second-order valence-corrected chi connectivity index (χ2v) is 4.09. The molecule has 14 heavy (non-hydrogen) atoms. The molecule has 4 nitrogen and oxygen atoms in total. The monoisotopic (exact) mass is 193 g/mol. The zero-order valence-corrected chi connectivity index (χ0v) is 8.18. The lowest BCUT2D eigenvalue weighted by Gasteiger charge is -2.27. The topological polar surface area (TPSA) is 49.9 Å². The highest BCUT2D eigenvalue weighted by molar-refractivity contribution is 5.32. The molecule has 1 aliphatic carbocycles. The molecule has 0 unspecified atom stereocenters. The third-order valence-corrected chi connectivity index (χ3v) is 3.04.